The van der Waals surface area contributed by atoms with Crippen LogP contribution < -0.4 is 10.6 Å². The second-order valence-electron chi connectivity index (χ2n) is 6.77. The van der Waals surface area contributed by atoms with Crippen LogP contribution >= 0.6 is 0 Å². The molecule has 0 atom stereocenters. The molecule has 2 N–H and O–H groups in total. The fraction of sp³-hybridized carbons (Fsp3) is 0.0870. The van der Waals surface area contributed by atoms with Gasteiger partial charge >= 0.3 is 6.18 Å². The Morgan fingerprint density at radius 2 is 1.61 bits per heavy atom. The van der Waals surface area contributed by atoms with Gasteiger partial charge in [-0.05, 0) is 42.5 Å². The Bertz CT molecular complexity index is 1240. The Morgan fingerprint density at radius 1 is 0.903 bits per heavy atom. The molecule has 0 fully saturated rings. The van der Waals surface area contributed by atoms with Crippen LogP contribution in [-0.4, -0.2) is 22.9 Å². The maximum atomic E-state index is 12.8. The second-order valence-corrected chi connectivity index (χ2v) is 6.77. The summed E-state index contributed by atoms with van der Waals surface area (Å²) in [5.74, 6) is 0.545. The number of halogens is 3. The zero-order valence-electron chi connectivity index (χ0n) is 16.4. The summed E-state index contributed by atoms with van der Waals surface area (Å²) in [6, 6.07) is 18.7. The summed E-state index contributed by atoms with van der Waals surface area (Å²) in [6.45, 7) is 0. The molecule has 0 saturated heterocycles. The number of alkyl halides is 3. The monoisotopic (exact) mass is 422 g/mol. The standard InChI is InChI=1S/C23H17F3N4O/c1-27-21-18-12-11-17(28-22(31)15-5-3-2-4-6-15)13-19(18)29-20(30-21)14-7-9-16(10-8-14)23(24,25)26/h2-13H,1H3,(H,28,31)(H,27,29,30). The molecule has 0 radical (unpaired) electrons. The molecule has 1 heterocycles. The maximum absolute atomic E-state index is 12.8. The minimum Gasteiger partial charge on any atom is -0.373 e. The Hall–Kier alpha value is -3.94. The Balaban J connectivity index is 1.70. The van der Waals surface area contributed by atoms with Crippen molar-refractivity contribution >= 4 is 28.3 Å². The highest BCUT2D eigenvalue weighted by molar-refractivity contribution is 6.05. The molecule has 3 aromatic carbocycles. The van der Waals surface area contributed by atoms with Crippen molar-refractivity contribution in [2.24, 2.45) is 0 Å². The summed E-state index contributed by atoms with van der Waals surface area (Å²) in [5.41, 5.74) is 1.31. The van der Waals surface area contributed by atoms with Gasteiger partial charge in [0, 0.05) is 29.2 Å². The number of fused-ring (bicyclic) bond motifs is 1. The number of aromatic nitrogens is 2. The van der Waals surface area contributed by atoms with Gasteiger partial charge in [0.15, 0.2) is 5.82 Å². The number of carbonyl (C=O) groups is 1. The van der Waals surface area contributed by atoms with Crippen LogP contribution in [0, 0.1) is 0 Å². The van der Waals surface area contributed by atoms with Gasteiger partial charge in [0.05, 0.1) is 11.1 Å². The van der Waals surface area contributed by atoms with Gasteiger partial charge in [0.1, 0.15) is 5.82 Å². The summed E-state index contributed by atoms with van der Waals surface area (Å²) in [5, 5.41) is 6.53. The van der Waals surface area contributed by atoms with E-state index in [4.69, 9.17) is 0 Å². The van der Waals surface area contributed by atoms with Crippen LogP contribution in [0.2, 0.25) is 0 Å². The lowest BCUT2D eigenvalue weighted by Crippen LogP contribution is -2.11. The summed E-state index contributed by atoms with van der Waals surface area (Å²) in [6.07, 6.45) is -4.41. The van der Waals surface area contributed by atoms with Gasteiger partial charge < -0.3 is 10.6 Å². The number of hydrogen-bond donors (Lipinski definition) is 2. The van der Waals surface area contributed by atoms with Crippen LogP contribution in [-0.2, 0) is 6.18 Å². The Morgan fingerprint density at radius 3 is 2.26 bits per heavy atom. The summed E-state index contributed by atoms with van der Waals surface area (Å²) in [7, 11) is 1.70. The Kier molecular flexibility index (Phi) is 5.29. The van der Waals surface area contributed by atoms with Gasteiger partial charge in [-0.15, -0.1) is 0 Å². The average Bonchev–Trinajstić information content (AvgIpc) is 2.78. The predicted octanol–water partition coefficient (Wildman–Crippen LogP) is 5.61. The lowest BCUT2D eigenvalue weighted by molar-refractivity contribution is -0.137. The number of carbonyl (C=O) groups excluding carboxylic acids is 1. The zero-order chi connectivity index (χ0) is 22.0. The zero-order valence-corrected chi connectivity index (χ0v) is 16.4. The van der Waals surface area contributed by atoms with E-state index in [1.54, 1.807) is 49.5 Å². The molecule has 4 aromatic rings. The van der Waals surface area contributed by atoms with Crippen LogP contribution in [0.15, 0.2) is 72.8 Å². The van der Waals surface area contributed by atoms with Crippen molar-refractivity contribution in [2.75, 3.05) is 17.7 Å². The molecule has 0 aliphatic heterocycles. The topological polar surface area (TPSA) is 66.9 Å². The van der Waals surface area contributed by atoms with E-state index in [1.165, 1.54) is 12.1 Å². The van der Waals surface area contributed by atoms with E-state index in [9.17, 15) is 18.0 Å². The minimum atomic E-state index is -4.41. The first-order chi connectivity index (χ1) is 14.8. The molecule has 0 aliphatic carbocycles. The lowest BCUT2D eigenvalue weighted by atomic mass is 10.1. The number of hydrogen-bond acceptors (Lipinski definition) is 4. The molecule has 8 heteroatoms. The quantitative estimate of drug-likeness (QED) is 0.449. The summed E-state index contributed by atoms with van der Waals surface area (Å²) >= 11 is 0. The number of nitrogens with one attached hydrogen (secondary N) is 2. The van der Waals surface area contributed by atoms with Crippen molar-refractivity contribution in [2.45, 2.75) is 6.18 Å². The highest BCUT2D eigenvalue weighted by atomic mass is 19.4. The van der Waals surface area contributed by atoms with Crippen molar-refractivity contribution < 1.29 is 18.0 Å². The van der Waals surface area contributed by atoms with Gasteiger partial charge in [-0.25, -0.2) is 9.97 Å². The molecule has 156 valence electrons. The molecule has 0 spiro atoms. The van der Waals surface area contributed by atoms with Crippen LogP contribution in [0.1, 0.15) is 15.9 Å². The molecular formula is C23H17F3N4O. The fourth-order valence-corrected chi connectivity index (χ4v) is 3.13. The molecule has 0 bridgehead atoms. The maximum Gasteiger partial charge on any atom is 0.416 e. The number of nitrogens with zero attached hydrogens (tertiary/aromatic N) is 2. The van der Waals surface area contributed by atoms with E-state index in [0.29, 0.717) is 28.1 Å². The van der Waals surface area contributed by atoms with Crippen LogP contribution in [0.25, 0.3) is 22.3 Å². The van der Waals surface area contributed by atoms with Crippen molar-refractivity contribution in [3.63, 3.8) is 0 Å². The van der Waals surface area contributed by atoms with E-state index in [0.717, 1.165) is 17.5 Å². The molecular weight excluding hydrogens is 405 g/mol. The minimum absolute atomic E-state index is 0.259. The van der Waals surface area contributed by atoms with Crippen molar-refractivity contribution in [1.82, 2.24) is 9.97 Å². The van der Waals surface area contributed by atoms with Gasteiger partial charge in [-0.2, -0.15) is 13.2 Å². The van der Waals surface area contributed by atoms with Crippen molar-refractivity contribution in [3.05, 3.63) is 83.9 Å². The smallest absolute Gasteiger partial charge is 0.373 e. The van der Waals surface area contributed by atoms with Crippen molar-refractivity contribution in [3.8, 4) is 11.4 Å². The first-order valence-corrected chi connectivity index (χ1v) is 9.39. The number of anilines is 2. The largest absolute Gasteiger partial charge is 0.416 e. The van der Waals surface area contributed by atoms with Crippen molar-refractivity contribution in [1.29, 1.82) is 0 Å². The van der Waals surface area contributed by atoms with E-state index < -0.39 is 11.7 Å². The molecule has 4 rings (SSSR count). The van der Waals surface area contributed by atoms with E-state index >= 15 is 0 Å². The first-order valence-electron chi connectivity index (χ1n) is 9.39. The molecule has 1 amide bonds. The highest BCUT2D eigenvalue weighted by Gasteiger charge is 2.30. The average molecular weight is 422 g/mol. The predicted molar refractivity (Wildman–Crippen MR) is 114 cm³/mol. The molecule has 1 aromatic heterocycles. The van der Waals surface area contributed by atoms with E-state index in [1.807, 2.05) is 6.07 Å². The van der Waals surface area contributed by atoms with Crippen LogP contribution in [0.4, 0.5) is 24.7 Å². The fourth-order valence-electron chi connectivity index (χ4n) is 3.13. The molecule has 5 nitrogen and oxygen atoms in total. The van der Waals surface area contributed by atoms with E-state index in [2.05, 4.69) is 20.6 Å². The third-order valence-corrected chi connectivity index (χ3v) is 4.70. The normalized spacial score (nSPS) is 11.4. The number of benzene rings is 3. The summed E-state index contributed by atoms with van der Waals surface area (Å²) in [4.78, 5) is 21.4. The second kappa shape index (κ2) is 8.06. The number of rotatable bonds is 4. The molecule has 31 heavy (non-hydrogen) atoms. The Labute approximate surface area is 176 Å². The van der Waals surface area contributed by atoms with Crippen LogP contribution in [0.5, 0.6) is 0 Å². The highest BCUT2D eigenvalue weighted by Crippen LogP contribution is 2.31. The summed E-state index contributed by atoms with van der Waals surface area (Å²) < 4.78 is 38.5. The lowest BCUT2D eigenvalue weighted by Gasteiger charge is -2.11. The third kappa shape index (κ3) is 4.32. The molecule has 0 unspecified atom stereocenters. The van der Waals surface area contributed by atoms with Gasteiger partial charge in [0.25, 0.3) is 5.91 Å². The van der Waals surface area contributed by atoms with E-state index in [-0.39, 0.29) is 11.7 Å². The van der Waals surface area contributed by atoms with Gasteiger partial charge in [-0.1, -0.05) is 30.3 Å². The van der Waals surface area contributed by atoms with Gasteiger partial charge in [0.2, 0.25) is 0 Å². The van der Waals surface area contributed by atoms with Crippen LogP contribution in [0.3, 0.4) is 0 Å². The SMILES string of the molecule is CNc1nc(-c2ccc(C(F)(F)F)cc2)nc2cc(NC(=O)c3ccccc3)ccc12. The first kappa shape index (κ1) is 20.3. The number of amides is 1. The molecule has 0 aliphatic rings. The van der Waals surface area contributed by atoms with Gasteiger partial charge in [-0.3, -0.25) is 4.79 Å². The molecule has 0 saturated carbocycles. The third-order valence-electron chi connectivity index (χ3n) is 4.70.